The van der Waals surface area contributed by atoms with Gasteiger partial charge in [-0.05, 0) is 70.3 Å². The predicted molar refractivity (Wildman–Crippen MR) is 166 cm³/mol. The van der Waals surface area contributed by atoms with E-state index in [1.807, 2.05) is 22.7 Å². The Morgan fingerprint density at radius 2 is 1.28 bits per heavy atom. The number of benzene rings is 1. The van der Waals surface area contributed by atoms with Crippen molar-refractivity contribution in [3.63, 3.8) is 0 Å². The van der Waals surface area contributed by atoms with Gasteiger partial charge in [0, 0.05) is 20.9 Å². The second kappa shape index (κ2) is 14.8. The number of aryl methyl sites for hydroxylation is 2. The van der Waals surface area contributed by atoms with Crippen molar-refractivity contribution >= 4 is 61.4 Å². The average Bonchev–Trinajstić information content (AvgIpc) is 3.63. The highest BCUT2D eigenvalue weighted by molar-refractivity contribution is 9.11. The van der Waals surface area contributed by atoms with Crippen LogP contribution >= 0.6 is 50.3 Å². The zero-order valence-electron chi connectivity index (χ0n) is 21.8. The van der Waals surface area contributed by atoms with Crippen molar-refractivity contribution in [2.45, 2.75) is 104 Å². The molecule has 0 radical (unpaired) electrons. The van der Waals surface area contributed by atoms with Gasteiger partial charge in [-0.3, -0.25) is 0 Å². The van der Waals surface area contributed by atoms with Crippen molar-refractivity contribution in [3.05, 3.63) is 44.6 Å². The minimum Gasteiger partial charge on any atom is -0.172 e. The summed E-state index contributed by atoms with van der Waals surface area (Å²) in [5.74, 6) is 0. The Labute approximate surface area is 238 Å². The third-order valence-corrected chi connectivity index (χ3v) is 10.5. The zero-order chi connectivity index (χ0) is 25.2. The summed E-state index contributed by atoms with van der Waals surface area (Å²) in [5.41, 5.74) is 7.43. The first-order valence-corrected chi connectivity index (χ1v) is 17.0. The highest BCUT2D eigenvalue weighted by Crippen LogP contribution is 2.42. The van der Waals surface area contributed by atoms with Crippen LogP contribution in [-0.2, 0) is 12.8 Å². The van der Waals surface area contributed by atoms with Gasteiger partial charge in [0.15, 0.2) is 0 Å². The first-order chi connectivity index (χ1) is 17.7. The maximum Gasteiger partial charge on any atom is 0.114 e. The van der Waals surface area contributed by atoms with Crippen LogP contribution in [0.15, 0.2) is 33.4 Å². The van der Waals surface area contributed by atoms with Gasteiger partial charge < -0.3 is 0 Å². The first-order valence-electron chi connectivity index (χ1n) is 13.8. The summed E-state index contributed by atoms with van der Waals surface area (Å²) in [7, 11) is 0. The van der Waals surface area contributed by atoms with Crippen molar-refractivity contribution in [1.29, 1.82) is 0 Å². The smallest absolute Gasteiger partial charge is 0.114 e. The molecule has 0 aliphatic rings. The summed E-state index contributed by atoms with van der Waals surface area (Å²) in [6, 6.07) is 9.28. The van der Waals surface area contributed by atoms with Crippen LogP contribution in [0.25, 0.3) is 31.9 Å². The lowest BCUT2D eigenvalue weighted by Crippen LogP contribution is -1.85. The van der Waals surface area contributed by atoms with E-state index in [1.165, 1.54) is 131 Å². The van der Waals surface area contributed by atoms with Crippen molar-refractivity contribution in [3.8, 4) is 20.9 Å². The topological polar surface area (TPSA) is 25.8 Å². The van der Waals surface area contributed by atoms with Gasteiger partial charge in [-0.1, -0.05) is 90.2 Å². The number of hydrogen-bond donors (Lipinski definition) is 0. The van der Waals surface area contributed by atoms with Crippen molar-refractivity contribution in [1.82, 2.24) is 8.75 Å². The Balaban J connectivity index is 1.42. The molecule has 0 atom stereocenters. The summed E-state index contributed by atoms with van der Waals surface area (Å²) in [4.78, 5) is 2.61. The number of thiophene rings is 2. The molecule has 3 heterocycles. The number of hydrogen-bond acceptors (Lipinski definition) is 5. The number of aromatic nitrogens is 2. The van der Waals surface area contributed by atoms with Gasteiger partial charge in [0.2, 0.25) is 0 Å². The maximum atomic E-state index is 4.74. The van der Waals surface area contributed by atoms with Crippen LogP contribution in [0.4, 0.5) is 0 Å². The monoisotopic (exact) mass is 602 g/mol. The molecule has 3 aromatic heterocycles. The lowest BCUT2D eigenvalue weighted by Gasteiger charge is -2.04. The van der Waals surface area contributed by atoms with Gasteiger partial charge in [-0.2, -0.15) is 8.75 Å². The molecule has 36 heavy (non-hydrogen) atoms. The summed E-state index contributed by atoms with van der Waals surface area (Å²) in [6.07, 6.45) is 18.4. The molecule has 6 heteroatoms. The number of unbranched alkanes of at least 4 members (excludes halogenated alkanes) is 10. The molecule has 0 aliphatic heterocycles. The van der Waals surface area contributed by atoms with Crippen LogP contribution in [0.3, 0.4) is 0 Å². The summed E-state index contributed by atoms with van der Waals surface area (Å²) in [5, 5.41) is 2.34. The van der Waals surface area contributed by atoms with E-state index in [2.05, 4.69) is 59.4 Å². The molecule has 0 unspecified atom stereocenters. The van der Waals surface area contributed by atoms with Crippen LogP contribution in [0.1, 0.15) is 102 Å². The molecular weight excluding hydrogens is 564 g/mol. The number of nitrogens with zero attached hydrogens (tertiary/aromatic N) is 2. The molecule has 194 valence electrons. The summed E-state index contributed by atoms with van der Waals surface area (Å²) < 4.78 is 10.7. The molecule has 0 spiro atoms. The highest BCUT2D eigenvalue weighted by atomic mass is 79.9. The van der Waals surface area contributed by atoms with E-state index in [9.17, 15) is 0 Å². The normalized spacial score (nSPS) is 11.6. The van der Waals surface area contributed by atoms with Crippen molar-refractivity contribution < 1.29 is 0 Å². The molecule has 4 aromatic rings. The van der Waals surface area contributed by atoms with E-state index < -0.39 is 0 Å². The Bertz CT molecular complexity index is 1210. The van der Waals surface area contributed by atoms with Gasteiger partial charge in [0.05, 0.1) is 15.5 Å². The molecule has 0 bridgehead atoms. The first kappa shape index (κ1) is 27.9. The van der Waals surface area contributed by atoms with Crippen LogP contribution in [0.5, 0.6) is 0 Å². The Morgan fingerprint density at radius 1 is 0.694 bits per heavy atom. The largest absolute Gasteiger partial charge is 0.172 e. The SMILES string of the molecule is CCCCCCCCc1csc(-c2ccc(-c3cc(CCCCCCCC)c(Br)s3)c3nsnc23)c1. The molecule has 0 saturated carbocycles. The van der Waals surface area contributed by atoms with E-state index >= 15 is 0 Å². The fraction of sp³-hybridized carbons (Fsp3) is 0.533. The summed E-state index contributed by atoms with van der Waals surface area (Å²) in [6.45, 7) is 4.56. The maximum absolute atomic E-state index is 4.74. The Kier molecular flexibility index (Phi) is 11.4. The second-order valence-electron chi connectivity index (χ2n) is 9.89. The molecule has 0 saturated heterocycles. The highest BCUT2D eigenvalue weighted by Gasteiger charge is 2.17. The molecule has 0 aliphatic carbocycles. The van der Waals surface area contributed by atoms with E-state index in [0.717, 1.165) is 17.5 Å². The molecular formula is C30H39BrN2S3. The van der Waals surface area contributed by atoms with Crippen molar-refractivity contribution in [2.24, 2.45) is 0 Å². The van der Waals surface area contributed by atoms with E-state index in [0.29, 0.717) is 0 Å². The molecule has 1 aromatic carbocycles. The minimum atomic E-state index is 1.04. The fourth-order valence-electron chi connectivity index (χ4n) is 4.83. The van der Waals surface area contributed by atoms with E-state index in [1.54, 1.807) is 0 Å². The van der Waals surface area contributed by atoms with Gasteiger partial charge >= 0.3 is 0 Å². The second-order valence-corrected chi connectivity index (χ2v) is 13.7. The van der Waals surface area contributed by atoms with Gasteiger partial charge in [0.1, 0.15) is 11.0 Å². The minimum absolute atomic E-state index is 1.04. The number of halogens is 1. The Hall–Kier alpha value is -1.08. The third-order valence-electron chi connectivity index (χ3n) is 6.98. The molecule has 4 rings (SSSR count). The lowest BCUT2D eigenvalue weighted by molar-refractivity contribution is 0.607. The molecule has 0 N–H and O–H groups in total. The van der Waals surface area contributed by atoms with Crippen LogP contribution in [-0.4, -0.2) is 8.75 Å². The predicted octanol–water partition coefficient (Wildman–Crippen LogP) is 11.7. The lowest BCUT2D eigenvalue weighted by atomic mass is 10.0. The number of fused-ring (bicyclic) bond motifs is 1. The van der Waals surface area contributed by atoms with Crippen LogP contribution < -0.4 is 0 Å². The van der Waals surface area contributed by atoms with Gasteiger partial charge in [-0.25, -0.2) is 0 Å². The third kappa shape index (κ3) is 7.49. The molecule has 0 amide bonds. The van der Waals surface area contributed by atoms with Gasteiger partial charge in [-0.15, -0.1) is 22.7 Å². The zero-order valence-corrected chi connectivity index (χ0v) is 25.8. The standard InChI is InChI=1S/C30H39BrN2S3/c1-3-5-7-9-11-13-15-22-19-26(34-21-22)24-17-18-25(29-28(24)32-36-33-29)27-20-23(30(31)35-27)16-14-12-10-8-6-4-2/h17-21H,3-16H2,1-2H3. The summed E-state index contributed by atoms with van der Waals surface area (Å²) >= 11 is 8.86. The van der Waals surface area contributed by atoms with Crippen LogP contribution in [0, 0.1) is 0 Å². The fourth-order valence-corrected chi connectivity index (χ4v) is 8.17. The van der Waals surface area contributed by atoms with Gasteiger partial charge in [0.25, 0.3) is 0 Å². The quantitative estimate of drug-likeness (QED) is 0.119. The Morgan fingerprint density at radius 3 is 1.94 bits per heavy atom. The average molecular weight is 604 g/mol. The van der Waals surface area contributed by atoms with E-state index in [4.69, 9.17) is 8.75 Å². The molecule has 2 nitrogen and oxygen atoms in total. The molecule has 0 fully saturated rings. The van der Waals surface area contributed by atoms with Crippen molar-refractivity contribution in [2.75, 3.05) is 0 Å². The van der Waals surface area contributed by atoms with Crippen LogP contribution in [0.2, 0.25) is 0 Å². The van der Waals surface area contributed by atoms with E-state index in [-0.39, 0.29) is 0 Å². The number of rotatable bonds is 16.